The topological polar surface area (TPSA) is 50.4 Å². The van der Waals surface area contributed by atoms with Crippen molar-refractivity contribution < 1.29 is 9.53 Å². The molecular weight excluding hydrogens is 216 g/mol. The van der Waals surface area contributed by atoms with Crippen molar-refractivity contribution in [3.8, 4) is 0 Å². The van der Waals surface area contributed by atoms with Gasteiger partial charge in [-0.1, -0.05) is 19.3 Å². The maximum Gasteiger partial charge on any atom is 0.221 e. The Kier molecular flexibility index (Phi) is 6.52. The molecule has 4 heteroatoms. The number of nitrogens with one attached hydrogen (secondary N) is 2. The highest BCUT2D eigenvalue weighted by atomic mass is 16.5. The van der Waals surface area contributed by atoms with Crippen molar-refractivity contribution >= 4 is 5.91 Å². The third kappa shape index (κ3) is 5.04. The van der Waals surface area contributed by atoms with Gasteiger partial charge >= 0.3 is 0 Å². The highest BCUT2D eigenvalue weighted by Crippen LogP contribution is 2.30. The van der Waals surface area contributed by atoms with E-state index in [1.54, 1.807) is 7.11 Å². The first-order valence-corrected chi connectivity index (χ1v) is 6.67. The summed E-state index contributed by atoms with van der Waals surface area (Å²) in [6.07, 6.45) is 7.50. The molecule has 0 aromatic heterocycles. The first kappa shape index (κ1) is 14.5. The molecule has 4 nitrogen and oxygen atoms in total. The molecule has 0 spiro atoms. The number of carbonyl (C=O) groups excluding carboxylic acids is 1. The summed E-state index contributed by atoms with van der Waals surface area (Å²) < 4.78 is 4.95. The fourth-order valence-corrected chi connectivity index (χ4v) is 2.56. The Balaban J connectivity index is 2.27. The zero-order valence-electron chi connectivity index (χ0n) is 11.2. The third-order valence-electron chi connectivity index (χ3n) is 3.69. The predicted molar refractivity (Wildman–Crippen MR) is 69.0 cm³/mol. The molecule has 17 heavy (non-hydrogen) atoms. The van der Waals surface area contributed by atoms with Crippen LogP contribution < -0.4 is 10.6 Å². The maximum atomic E-state index is 11.8. The molecule has 0 radical (unpaired) electrons. The lowest BCUT2D eigenvalue weighted by Gasteiger charge is -2.36. The molecular formula is C13H26N2O2. The summed E-state index contributed by atoms with van der Waals surface area (Å²) in [4.78, 5) is 11.8. The zero-order chi connectivity index (χ0) is 12.6. The van der Waals surface area contributed by atoms with Gasteiger partial charge in [-0.15, -0.1) is 0 Å². The lowest BCUT2D eigenvalue weighted by Crippen LogP contribution is -2.48. The van der Waals surface area contributed by atoms with Crippen LogP contribution in [-0.4, -0.2) is 38.8 Å². The lowest BCUT2D eigenvalue weighted by atomic mass is 9.79. The SMILES string of the molecule is CNC1(CC(=O)NCCCOC)CCCCC1. The van der Waals surface area contributed by atoms with Crippen LogP contribution in [0.2, 0.25) is 0 Å². The van der Waals surface area contributed by atoms with Crippen LogP contribution in [0.3, 0.4) is 0 Å². The number of hydrogen-bond acceptors (Lipinski definition) is 3. The molecule has 0 atom stereocenters. The van der Waals surface area contributed by atoms with E-state index >= 15 is 0 Å². The van der Waals surface area contributed by atoms with Gasteiger partial charge in [0.25, 0.3) is 0 Å². The Hall–Kier alpha value is -0.610. The van der Waals surface area contributed by atoms with Crippen molar-refractivity contribution in [1.82, 2.24) is 10.6 Å². The Morgan fingerprint density at radius 2 is 2.00 bits per heavy atom. The van der Waals surface area contributed by atoms with Crippen LogP contribution >= 0.6 is 0 Å². The number of ether oxygens (including phenoxy) is 1. The summed E-state index contributed by atoms with van der Waals surface area (Å²) in [7, 11) is 3.66. The van der Waals surface area contributed by atoms with Crippen LogP contribution in [0.15, 0.2) is 0 Å². The monoisotopic (exact) mass is 242 g/mol. The average molecular weight is 242 g/mol. The number of hydrogen-bond donors (Lipinski definition) is 2. The summed E-state index contributed by atoms with van der Waals surface area (Å²) in [5, 5.41) is 6.33. The molecule has 0 aromatic rings. The minimum Gasteiger partial charge on any atom is -0.385 e. The van der Waals surface area contributed by atoms with Crippen LogP contribution in [0.1, 0.15) is 44.9 Å². The van der Waals surface area contributed by atoms with Crippen LogP contribution in [0.25, 0.3) is 0 Å². The first-order valence-electron chi connectivity index (χ1n) is 6.67. The molecule has 1 aliphatic carbocycles. The van der Waals surface area contributed by atoms with Gasteiger partial charge < -0.3 is 15.4 Å². The van der Waals surface area contributed by atoms with E-state index in [9.17, 15) is 4.79 Å². The van der Waals surface area contributed by atoms with E-state index in [1.165, 1.54) is 19.3 Å². The molecule has 0 saturated heterocycles. The first-order chi connectivity index (χ1) is 8.22. The fraction of sp³-hybridized carbons (Fsp3) is 0.923. The third-order valence-corrected chi connectivity index (χ3v) is 3.69. The van der Waals surface area contributed by atoms with E-state index in [2.05, 4.69) is 10.6 Å². The van der Waals surface area contributed by atoms with E-state index < -0.39 is 0 Å². The summed E-state index contributed by atoms with van der Waals surface area (Å²) >= 11 is 0. The minimum atomic E-state index is 0.0452. The molecule has 100 valence electrons. The highest BCUT2D eigenvalue weighted by molar-refractivity contribution is 5.77. The Morgan fingerprint density at radius 1 is 1.29 bits per heavy atom. The quantitative estimate of drug-likeness (QED) is 0.664. The van der Waals surface area contributed by atoms with Crippen LogP contribution in [0.4, 0.5) is 0 Å². The maximum absolute atomic E-state index is 11.8. The van der Waals surface area contributed by atoms with Gasteiger partial charge in [-0.3, -0.25) is 4.79 Å². The molecule has 1 aliphatic rings. The Morgan fingerprint density at radius 3 is 2.59 bits per heavy atom. The summed E-state index contributed by atoms with van der Waals surface area (Å²) in [6, 6.07) is 0. The molecule has 0 unspecified atom stereocenters. The number of carbonyl (C=O) groups is 1. The van der Waals surface area contributed by atoms with Gasteiger partial charge in [0.1, 0.15) is 0 Å². The number of methoxy groups -OCH3 is 1. The van der Waals surface area contributed by atoms with Gasteiger partial charge in [0.05, 0.1) is 0 Å². The van der Waals surface area contributed by atoms with Crippen LogP contribution in [0, 0.1) is 0 Å². The summed E-state index contributed by atoms with van der Waals surface area (Å²) in [5.41, 5.74) is 0.0452. The largest absolute Gasteiger partial charge is 0.385 e. The highest BCUT2D eigenvalue weighted by Gasteiger charge is 2.32. The molecule has 1 saturated carbocycles. The molecule has 1 amide bonds. The van der Waals surface area contributed by atoms with Crippen molar-refractivity contribution in [3.05, 3.63) is 0 Å². The smallest absolute Gasteiger partial charge is 0.221 e. The van der Waals surface area contributed by atoms with Crippen molar-refractivity contribution in [2.75, 3.05) is 27.3 Å². The lowest BCUT2D eigenvalue weighted by molar-refractivity contribution is -0.122. The van der Waals surface area contributed by atoms with Gasteiger partial charge in [0.15, 0.2) is 0 Å². The van der Waals surface area contributed by atoms with Crippen molar-refractivity contribution in [1.29, 1.82) is 0 Å². The van der Waals surface area contributed by atoms with E-state index in [0.29, 0.717) is 19.6 Å². The number of rotatable bonds is 7. The van der Waals surface area contributed by atoms with Crippen molar-refractivity contribution in [2.24, 2.45) is 0 Å². The fourth-order valence-electron chi connectivity index (χ4n) is 2.56. The van der Waals surface area contributed by atoms with Crippen molar-refractivity contribution in [3.63, 3.8) is 0 Å². The van der Waals surface area contributed by atoms with Gasteiger partial charge in [-0.2, -0.15) is 0 Å². The Bertz CT molecular complexity index is 225. The Labute approximate surface area is 104 Å². The van der Waals surface area contributed by atoms with Gasteiger partial charge in [-0.05, 0) is 26.3 Å². The van der Waals surface area contributed by atoms with E-state index in [1.807, 2.05) is 7.05 Å². The van der Waals surface area contributed by atoms with Crippen LogP contribution in [-0.2, 0) is 9.53 Å². The molecule has 2 N–H and O–H groups in total. The molecule has 1 rings (SSSR count). The number of amides is 1. The second-order valence-corrected chi connectivity index (χ2v) is 4.96. The van der Waals surface area contributed by atoms with E-state index in [4.69, 9.17) is 4.74 Å². The molecule has 0 heterocycles. The second kappa shape index (κ2) is 7.67. The molecule has 0 aromatic carbocycles. The van der Waals surface area contributed by atoms with Crippen LogP contribution in [0.5, 0.6) is 0 Å². The average Bonchev–Trinajstić information content (AvgIpc) is 2.36. The van der Waals surface area contributed by atoms with Crippen molar-refractivity contribution in [2.45, 2.75) is 50.5 Å². The molecule has 0 aliphatic heterocycles. The van der Waals surface area contributed by atoms with E-state index in [0.717, 1.165) is 19.3 Å². The second-order valence-electron chi connectivity index (χ2n) is 4.96. The van der Waals surface area contributed by atoms with E-state index in [-0.39, 0.29) is 11.4 Å². The molecule has 0 bridgehead atoms. The summed E-state index contributed by atoms with van der Waals surface area (Å²) in [6.45, 7) is 1.42. The van der Waals surface area contributed by atoms with Gasteiger partial charge in [0, 0.05) is 32.2 Å². The predicted octanol–water partition coefficient (Wildman–Crippen LogP) is 1.45. The zero-order valence-corrected chi connectivity index (χ0v) is 11.2. The van der Waals surface area contributed by atoms with Gasteiger partial charge in [-0.25, -0.2) is 0 Å². The summed E-state index contributed by atoms with van der Waals surface area (Å²) in [5.74, 6) is 0.164. The standard InChI is InChI=1S/C13H26N2O2/c1-14-13(7-4-3-5-8-13)11-12(16)15-9-6-10-17-2/h14H,3-11H2,1-2H3,(H,15,16). The normalized spacial score (nSPS) is 18.9. The molecule has 1 fully saturated rings. The van der Waals surface area contributed by atoms with Gasteiger partial charge in [0.2, 0.25) is 5.91 Å². The minimum absolute atomic E-state index is 0.0452.